The first-order valence-corrected chi connectivity index (χ1v) is 6.19. The third kappa shape index (κ3) is 3.26. The maximum Gasteiger partial charge on any atom is 0.306 e. The number of hydrogen-bond acceptors (Lipinski definition) is 3. The Morgan fingerprint density at radius 1 is 1.57 bits per heavy atom. The lowest BCUT2D eigenvalue weighted by Crippen LogP contribution is -2.29. The summed E-state index contributed by atoms with van der Waals surface area (Å²) in [5, 5.41) is 8.32. The number of aliphatic carboxylic acids is 1. The Labute approximate surface area is 83.6 Å². The van der Waals surface area contributed by atoms with Crippen LogP contribution in [-0.4, -0.2) is 31.3 Å². The second kappa shape index (κ2) is 4.27. The average molecular weight is 221 g/mol. The van der Waals surface area contributed by atoms with Crippen LogP contribution in [0, 0.1) is 5.92 Å². The third-order valence-corrected chi connectivity index (χ3v) is 4.22. The van der Waals surface area contributed by atoms with Crippen LogP contribution >= 0.6 is 0 Å². The Hall–Kier alpha value is -0.620. The van der Waals surface area contributed by atoms with E-state index in [1.807, 2.05) is 0 Å². The molecule has 1 fully saturated rings. The van der Waals surface area contributed by atoms with E-state index in [2.05, 4.69) is 4.72 Å². The molecular weight excluding hydrogens is 206 g/mol. The Balaban J connectivity index is 2.24. The molecule has 2 N–H and O–H groups in total. The number of hydrogen-bond donors (Lipinski definition) is 2. The second-order valence-electron chi connectivity index (χ2n) is 3.67. The minimum Gasteiger partial charge on any atom is -0.481 e. The fourth-order valence-corrected chi connectivity index (χ4v) is 2.43. The molecule has 0 aromatic carbocycles. The van der Waals surface area contributed by atoms with Gasteiger partial charge >= 0.3 is 5.97 Å². The summed E-state index contributed by atoms with van der Waals surface area (Å²) >= 11 is 0. The normalized spacial score (nSPS) is 19.2. The molecule has 0 aromatic heterocycles. The summed E-state index contributed by atoms with van der Waals surface area (Å²) in [6.07, 6.45) is 1.79. The Bertz CT molecular complexity index is 307. The lowest BCUT2D eigenvalue weighted by Gasteiger charge is -2.07. The van der Waals surface area contributed by atoms with E-state index in [1.54, 1.807) is 6.92 Å². The summed E-state index contributed by atoms with van der Waals surface area (Å²) in [6, 6.07) is 0. The molecule has 0 aromatic rings. The molecule has 14 heavy (non-hydrogen) atoms. The van der Waals surface area contributed by atoms with Crippen molar-refractivity contribution in [3.63, 3.8) is 0 Å². The van der Waals surface area contributed by atoms with Crippen molar-refractivity contribution in [3.05, 3.63) is 0 Å². The van der Waals surface area contributed by atoms with E-state index in [4.69, 9.17) is 5.11 Å². The first kappa shape index (κ1) is 11.5. The van der Waals surface area contributed by atoms with Gasteiger partial charge in [-0.1, -0.05) is 6.92 Å². The van der Waals surface area contributed by atoms with Gasteiger partial charge in [-0.05, 0) is 19.3 Å². The fraction of sp³-hybridized carbons (Fsp3) is 0.875. The molecule has 0 amide bonds. The molecule has 0 saturated heterocycles. The van der Waals surface area contributed by atoms with Crippen molar-refractivity contribution >= 4 is 16.0 Å². The van der Waals surface area contributed by atoms with Gasteiger partial charge in [-0.25, -0.2) is 13.1 Å². The van der Waals surface area contributed by atoms with E-state index in [0.717, 1.165) is 12.8 Å². The monoisotopic (exact) mass is 221 g/mol. The predicted octanol–water partition coefficient (Wildman–Crippen LogP) is 0.179. The van der Waals surface area contributed by atoms with E-state index in [1.165, 1.54) is 0 Å². The van der Waals surface area contributed by atoms with Crippen molar-refractivity contribution in [2.24, 2.45) is 5.92 Å². The number of rotatable bonds is 6. The SMILES string of the molecule is CC(CCNS(=O)(=O)C1CC1)C(=O)O. The van der Waals surface area contributed by atoms with Gasteiger partial charge in [-0.3, -0.25) is 4.79 Å². The van der Waals surface area contributed by atoms with Crippen LogP contribution in [0.5, 0.6) is 0 Å². The van der Waals surface area contributed by atoms with Crippen molar-refractivity contribution in [1.29, 1.82) is 0 Å². The Kier molecular flexibility index (Phi) is 3.49. The minimum atomic E-state index is -3.15. The van der Waals surface area contributed by atoms with Gasteiger partial charge in [0, 0.05) is 6.54 Å². The first-order valence-electron chi connectivity index (χ1n) is 4.65. The Morgan fingerprint density at radius 3 is 2.57 bits per heavy atom. The highest BCUT2D eigenvalue weighted by atomic mass is 32.2. The molecular formula is C8H15NO4S. The van der Waals surface area contributed by atoms with Gasteiger partial charge in [0.15, 0.2) is 0 Å². The molecule has 1 aliphatic carbocycles. The van der Waals surface area contributed by atoms with E-state index < -0.39 is 21.9 Å². The third-order valence-electron chi connectivity index (χ3n) is 2.27. The molecule has 0 spiro atoms. The van der Waals surface area contributed by atoms with Gasteiger partial charge in [0.1, 0.15) is 0 Å². The van der Waals surface area contributed by atoms with Crippen LogP contribution in [0.4, 0.5) is 0 Å². The van der Waals surface area contributed by atoms with Crippen molar-refractivity contribution < 1.29 is 18.3 Å². The Morgan fingerprint density at radius 2 is 2.14 bits per heavy atom. The molecule has 0 heterocycles. The standard InChI is InChI=1S/C8H15NO4S/c1-6(8(10)11)4-5-9-14(12,13)7-2-3-7/h6-7,9H,2-5H2,1H3,(H,10,11). The summed E-state index contributed by atoms with van der Waals surface area (Å²) < 4.78 is 25.0. The summed E-state index contributed by atoms with van der Waals surface area (Å²) in [6.45, 7) is 1.78. The number of carbonyl (C=O) groups is 1. The predicted molar refractivity (Wildman–Crippen MR) is 51.4 cm³/mol. The van der Waals surface area contributed by atoms with Gasteiger partial charge in [0.25, 0.3) is 0 Å². The van der Waals surface area contributed by atoms with Crippen LogP contribution in [0.3, 0.4) is 0 Å². The fourth-order valence-electron chi connectivity index (χ4n) is 1.04. The van der Waals surface area contributed by atoms with E-state index >= 15 is 0 Å². The zero-order valence-corrected chi connectivity index (χ0v) is 8.88. The number of sulfonamides is 1. The van der Waals surface area contributed by atoms with Crippen LogP contribution in [0.15, 0.2) is 0 Å². The molecule has 0 bridgehead atoms. The minimum absolute atomic E-state index is 0.215. The average Bonchev–Trinajstić information content (AvgIpc) is 2.85. The van der Waals surface area contributed by atoms with Crippen LogP contribution in [0.25, 0.3) is 0 Å². The maximum atomic E-state index is 11.3. The van der Waals surface area contributed by atoms with Crippen LogP contribution < -0.4 is 4.72 Å². The summed E-state index contributed by atoms with van der Waals surface area (Å²) in [5.41, 5.74) is 0. The maximum absolute atomic E-state index is 11.3. The zero-order valence-electron chi connectivity index (χ0n) is 8.06. The molecule has 1 saturated carbocycles. The number of carboxylic acids is 1. The molecule has 0 aliphatic heterocycles. The summed E-state index contributed by atoms with van der Waals surface area (Å²) in [7, 11) is -3.15. The van der Waals surface area contributed by atoms with Crippen LogP contribution in [0.1, 0.15) is 26.2 Å². The van der Waals surface area contributed by atoms with Crippen molar-refractivity contribution in [2.75, 3.05) is 6.54 Å². The quantitative estimate of drug-likeness (QED) is 0.670. The van der Waals surface area contributed by atoms with Gasteiger partial charge in [-0.15, -0.1) is 0 Å². The molecule has 5 nitrogen and oxygen atoms in total. The topological polar surface area (TPSA) is 83.5 Å². The van der Waals surface area contributed by atoms with Gasteiger partial charge in [-0.2, -0.15) is 0 Å². The highest BCUT2D eigenvalue weighted by Gasteiger charge is 2.35. The zero-order chi connectivity index (χ0) is 10.8. The first-order chi connectivity index (χ1) is 6.43. The van der Waals surface area contributed by atoms with Crippen LogP contribution in [0.2, 0.25) is 0 Å². The van der Waals surface area contributed by atoms with Gasteiger partial charge in [0.2, 0.25) is 10.0 Å². The van der Waals surface area contributed by atoms with Gasteiger partial charge in [0.05, 0.1) is 11.2 Å². The van der Waals surface area contributed by atoms with E-state index in [9.17, 15) is 13.2 Å². The number of carboxylic acid groups (broad SMARTS) is 1. The lowest BCUT2D eigenvalue weighted by atomic mass is 10.1. The highest BCUT2D eigenvalue weighted by molar-refractivity contribution is 7.90. The molecule has 1 rings (SSSR count). The molecule has 6 heteroatoms. The van der Waals surface area contributed by atoms with E-state index in [-0.39, 0.29) is 11.8 Å². The van der Waals surface area contributed by atoms with Gasteiger partial charge < -0.3 is 5.11 Å². The summed E-state index contributed by atoms with van der Waals surface area (Å²) in [5.74, 6) is -1.40. The summed E-state index contributed by atoms with van der Waals surface area (Å²) in [4.78, 5) is 10.4. The van der Waals surface area contributed by atoms with Crippen molar-refractivity contribution in [2.45, 2.75) is 31.4 Å². The van der Waals surface area contributed by atoms with Crippen molar-refractivity contribution in [1.82, 2.24) is 4.72 Å². The molecule has 1 unspecified atom stereocenters. The second-order valence-corrected chi connectivity index (χ2v) is 5.71. The largest absolute Gasteiger partial charge is 0.481 e. The highest BCUT2D eigenvalue weighted by Crippen LogP contribution is 2.27. The lowest BCUT2D eigenvalue weighted by molar-refractivity contribution is -0.141. The molecule has 0 radical (unpaired) electrons. The van der Waals surface area contributed by atoms with E-state index in [0.29, 0.717) is 6.42 Å². The smallest absolute Gasteiger partial charge is 0.306 e. The van der Waals surface area contributed by atoms with Crippen LogP contribution in [-0.2, 0) is 14.8 Å². The number of nitrogens with one attached hydrogen (secondary N) is 1. The molecule has 1 atom stereocenters. The molecule has 82 valence electrons. The van der Waals surface area contributed by atoms with Crippen molar-refractivity contribution in [3.8, 4) is 0 Å². The molecule has 1 aliphatic rings.